The number of aryl methyl sites for hydroxylation is 4. The molecule has 5 heterocycles. The minimum Gasteiger partial charge on any atom is -0.491 e. The SMILES string of the molecule is CCc1nc(C)sc1C(=O)Nc1nc2cc(C(=O)OC)cc(SC)c2n1C/C=C/Cn1c(NC(=O)c2c(F)c(C)nn2CC)nc2cc(C(=O)OC)cc(OCCCN3CCN(C(=O)OC(C)(C)C)CC3)c21. The van der Waals surface area contributed by atoms with Gasteiger partial charge in [0.2, 0.25) is 11.9 Å². The van der Waals surface area contributed by atoms with Crippen LogP contribution in [0.4, 0.5) is 21.1 Å². The highest BCUT2D eigenvalue weighted by molar-refractivity contribution is 7.98. The number of piperazine rings is 1. The summed E-state index contributed by atoms with van der Waals surface area (Å²) in [6.07, 6.45) is 6.36. The van der Waals surface area contributed by atoms with Crippen LogP contribution >= 0.6 is 23.1 Å². The third kappa shape index (κ3) is 11.7. The van der Waals surface area contributed by atoms with Crippen molar-refractivity contribution in [3.63, 3.8) is 0 Å². The summed E-state index contributed by atoms with van der Waals surface area (Å²) < 4.78 is 42.4. The van der Waals surface area contributed by atoms with Crippen LogP contribution in [0, 0.1) is 19.7 Å². The lowest BCUT2D eigenvalue weighted by Gasteiger charge is -2.35. The van der Waals surface area contributed by atoms with Gasteiger partial charge < -0.3 is 33.0 Å². The molecule has 0 bridgehead atoms. The van der Waals surface area contributed by atoms with E-state index in [0.717, 1.165) is 5.01 Å². The largest absolute Gasteiger partial charge is 0.491 e. The summed E-state index contributed by atoms with van der Waals surface area (Å²) >= 11 is 2.69. The van der Waals surface area contributed by atoms with Gasteiger partial charge in [-0.3, -0.25) is 29.8 Å². The average Bonchev–Trinajstić information content (AvgIpc) is 4.10. The molecule has 3 amide bonds. The molecule has 1 aliphatic rings. The second-order valence-corrected chi connectivity index (χ2v) is 19.8. The Kier molecular flexibility index (Phi) is 16.7. The quantitative estimate of drug-likeness (QED) is 0.0276. The number of ether oxygens (including phenoxy) is 4. The van der Waals surface area contributed by atoms with Crippen LogP contribution in [0.1, 0.15) is 98.3 Å². The molecule has 6 aromatic rings. The number of nitrogens with zero attached hydrogens (tertiary/aromatic N) is 9. The van der Waals surface area contributed by atoms with E-state index in [4.69, 9.17) is 28.9 Å². The molecule has 0 saturated carbocycles. The fourth-order valence-electron chi connectivity index (χ4n) is 8.27. The molecule has 0 radical (unpaired) electrons. The molecule has 2 N–H and O–H groups in total. The molecule has 0 unspecified atom stereocenters. The summed E-state index contributed by atoms with van der Waals surface area (Å²) in [5, 5.41) is 10.7. The van der Waals surface area contributed by atoms with E-state index in [1.165, 1.54) is 55.0 Å². The fourth-order valence-corrected chi connectivity index (χ4v) is 9.82. The van der Waals surface area contributed by atoms with Crippen LogP contribution in [-0.2, 0) is 40.3 Å². The molecule has 72 heavy (non-hydrogen) atoms. The van der Waals surface area contributed by atoms with Crippen molar-refractivity contribution >= 4 is 86.9 Å². The van der Waals surface area contributed by atoms with Crippen molar-refractivity contribution in [3.05, 3.63) is 80.3 Å². The average molecular weight is 1030 g/mol. The summed E-state index contributed by atoms with van der Waals surface area (Å²) in [6.45, 7) is 16.2. The van der Waals surface area contributed by atoms with Gasteiger partial charge in [0.15, 0.2) is 11.5 Å². The number of hydrogen-bond acceptors (Lipinski definition) is 16. The maximum absolute atomic E-state index is 15.5. The molecule has 4 aromatic heterocycles. The number of amides is 3. The minimum absolute atomic E-state index is 0.0305. The maximum Gasteiger partial charge on any atom is 0.410 e. The second-order valence-electron chi connectivity index (χ2n) is 17.8. The van der Waals surface area contributed by atoms with E-state index in [0.29, 0.717) is 83.1 Å². The van der Waals surface area contributed by atoms with Gasteiger partial charge >= 0.3 is 18.0 Å². The lowest BCUT2D eigenvalue weighted by molar-refractivity contribution is 0.0141. The van der Waals surface area contributed by atoms with E-state index < -0.39 is 29.3 Å². The van der Waals surface area contributed by atoms with Gasteiger partial charge in [0.25, 0.3) is 11.8 Å². The third-order valence-electron chi connectivity index (χ3n) is 11.7. The molecule has 20 nitrogen and oxygen atoms in total. The zero-order valence-corrected chi connectivity index (χ0v) is 43.8. The Balaban J connectivity index is 1.22. The van der Waals surface area contributed by atoms with Crippen molar-refractivity contribution < 1.29 is 47.3 Å². The van der Waals surface area contributed by atoms with Crippen molar-refractivity contribution in [2.75, 3.05) is 70.4 Å². The zero-order valence-electron chi connectivity index (χ0n) is 42.1. The number of esters is 2. The summed E-state index contributed by atoms with van der Waals surface area (Å²) in [5.74, 6) is -2.57. The number of carbonyl (C=O) groups excluding carboxylic acids is 5. The number of allylic oxidation sites excluding steroid dienone is 2. The number of hydrogen-bond donors (Lipinski definition) is 2. The Labute approximate surface area is 424 Å². The Morgan fingerprint density at radius 2 is 1.43 bits per heavy atom. The number of imidazole rings is 2. The van der Waals surface area contributed by atoms with E-state index in [-0.39, 0.29) is 78.4 Å². The van der Waals surface area contributed by atoms with Crippen molar-refractivity contribution in [2.24, 2.45) is 0 Å². The highest BCUT2D eigenvalue weighted by Crippen LogP contribution is 2.34. The fraction of sp³-hybridized carbons (Fsp3) is 0.449. The molecular weight excluding hydrogens is 970 g/mol. The van der Waals surface area contributed by atoms with Crippen LogP contribution in [0.5, 0.6) is 5.75 Å². The molecule has 2 aromatic carbocycles. The Bertz CT molecular complexity index is 3050. The molecule has 1 saturated heterocycles. The number of carbonyl (C=O) groups is 5. The molecule has 1 fully saturated rings. The zero-order chi connectivity index (χ0) is 52.0. The monoisotopic (exact) mass is 1030 g/mol. The van der Waals surface area contributed by atoms with Gasteiger partial charge in [-0.05, 0) is 84.9 Å². The lowest BCUT2D eigenvalue weighted by atomic mass is 10.2. The number of thioether (sulfide) groups is 1. The number of halogens is 1. The van der Waals surface area contributed by atoms with Crippen LogP contribution in [0.3, 0.4) is 0 Å². The number of nitrogens with one attached hydrogen (secondary N) is 2. The number of aromatic nitrogens is 7. The molecule has 0 aliphatic carbocycles. The normalized spacial score (nSPS) is 13.3. The van der Waals surface area contributed by atoms with Crippen LogP contribution in [0.2, 0.25) is 0 Å². The van der Waals surface area contributed by atoms with Gasteiger partial charge in [0, 0.05) is 57.3 Å². The highest BCUT2D eigenvalue weighted by atomic mass is 32.2. The standard InChI is InChI=1S/C49H60FN11O9S2/c1-11-32-41(72-29(4)51-32)43(63)55-47-53-34-25-31(45(65)68-9)27-36(71-10)39(34)60(47)18-14-13-17-59-38-33(52-46(59)54-42(62)40-37(50)28(3)56-61(40)12-2)24-30(44(64)67-8)26-35(38)69-23-15-16-57-19-21-58(22-20-57)48(66)70-49(5,6)7/h13-14,24-27H,11-12,15-23H2,1-10H3,(H,52,54,62)(H,53,55,63)/b14-13+. The number of methoxy groups -OCH3 is 2. The third-order valence-corrected chi connectivity index (χ3v) is 13.4. The first-order valence-corrected chi connectivity index (χ1v) is 25.5. The van der Waals surface area contributed by atoms with Crippen LogP contribution in [0.25, 0.3) is 22.1 Å². The number of rotatable bonds is 18. The summed E-state index contributed by atoms with van der Waals surface area (Å²) in [7, 11) is 2.57. The number of anilines is 2. The first-order valence-electron chi connectivity index (χ1n) is 23.5. The lowest BCUT2D eigenvalue weighted by Crippen LogP contribution is -2.50. The Morgan fingerprint density at radius 1 is 0.833 bits per heavy atom. The first kappa shape index (κ1) is 53.0. The number of thiazole rings is 1. The van der Waals surface area contributed by atoms with Crippen LogP contribution in [-0.4, -0.2) is 139 Å². The number of fused-ring (bicyclic) bond motifs is 2. The summed E-state index contributed by atoms with van der Waals surface area (Å²) in [6, 6.07) is 6.42. The van der Waals surface area contributed by atoms with E-state index in [1.54, 1.807) is 34.6 Å². The Hall–Kier alpha value is -6.85. The molecule has 7 rings (SSSR count). The van der Waals surface area contributed by atoms with E-state index in [9.17, 15) is 24.0 Å². The molecule has 0 spiro atoms. The van der Waals surface area contributed by atoms with Crippen molar-refractivity contribution in [2.45, 2.75) is 91.4 Å². The molecular formula is C49H60FN11O9S2. The van der Waals surface area contributed by atoms with Gasteiger partial charge in [-0.1, -0.05) is 19.1 Å². The molecule has 384 valence electrons. The highest BCUT2D eigenvalue weighted by Gasteiger charge is 2.28. The van der Waals surface area contributed by atoms with Gasteiger partial charge in [-0.15, -0.1) is 23.1 Å². The predicted molar refractivity (Wildman–Crippen MR) is 272 cm³/mol. The van der Waals surface area contributed by atoms with Gasteiger partial charge in [-0.2, -0.15) is 5.10 Å². The van der Waals surface area contributed by atoms with Crippen LogP contribution < -0.4 is 15.4 Å². The maximum atomic E-state index is 15.5. The van der Waals surface area contributed by atoms with Crippen LogP contribution in [0.15, 0.2) is 41.3 Å². The van der Waals surface area contributed by atoms with Gasteiger partial charge in [0.1, 0.15) is 21.7 Å². The molecule has 23 heteroatoms. The van der Waals surface area contributed by atoms with Gasteiger partial charge in [-0.25, -0.2) is 33.7 Å². The minimum atomic E-state index is -0.790. The smallest absolute Gasteiger partial charge is 0.410 e. The number of benzene rings is 2. The van der Waals surface area contributed by atoms with Crippen molar-refractivity contribution in [3.8, 4) is 5.75 Å². The predicted octanol–water partition coefficient (Wildman–Crippen LogP) is 7.75. The van der Waals surface area contributed by atoms with E-state index in [1.807, 2.05) is 57.6 Å². The molecule has 0 atom stereocenters. The topological polar surface area (TPSA) is 219 Å². The van der Waals surface area contributed by atoms with E-state index in [2.05, 4.69) is 25.6 Å². The van der Waals surface area contributed by atoms with E-state index >= 15 is 4.39 Å². The Morgan fingerprint density at radius 3 is 2.01 bits per heavy atom. The second kappa shape index (κ2) is 22.7. The first-order chi connectivity index (χ1) is 34.4. The summed E-state index contributed by atoms with van der Waals surface area (Å²) in [4.78, 5) is 85.5. The van der Waals surface area contributed by atoms with Crippen molar-refractivity contribution in [1.29, 1.82) is 0 Å². The summed E-state index contributed by atoms with van der Waals surface area (Å²) in [5.41, 5.74) is 2.15. The molecule has 1 aliphatic heterocycles. The van der Waals surface area contributed by atoms with Gasteiger partial charge in [0.05, 0.1) is 64.9 Å². The van der Waals surface area contributed by atoms with Crippen molar-refractivity contribution in [1.82, 2.24) is 43.7 Å².